The summed E-state index contributed by atoms with van der Waals surface area (Å²) in [6.07, 6.45) is 0. The number of nitrogens with one attached hydrogen (secondary N) is 1. The van der Waals surface area contributed by atoms with E-state index < -0.39 is 6.61 Å². The van der Waals surface area contributed by atoms with Crippen molar-refractivity contribution in [1.29, 1.82) is 10.5 Å². The van der Waals surface area contributed by atoms with E-state index in [9.17, 15) is 8.78 Å². The molecule has 0 spiro atoms. The number of hydrazone groups is 1. The lowest BCUT2D eigenvalue weighted by molar-refractivity contribution is -0.0498. The van der Waals surface area contributed by atoms with Gasteiger partial charge in [0.25, 0.3) is 0 Å². The Kier molecular flexibility index (Phi) is 4.58. The van der Waals surface area contributed by atoms with Gasteiger partial charge in [-0.1, -0.05) is 0 Å². The minimum atomic E-state index is -2.88. The SMILES string of the molecule is Cc1cc(OC(F)F)ccc1NN=C(C#N)C#N. The monoisotopic (exact) mass is 250 g/mol. The van der Waals surface area contributed by atoms with Gasteiger partial charge < -0.3 is 4.74 Å². The minimum Gasteiger partial charge on any atom is -0.435 e. The molecule has 0 aliphatic rings. The van der Waals surface area contributed by atoms with E-state index in [0.29, 0.717) is 11.3 Å². The van der Waals surface area contributed by atoms with Crippen molar-refractivity contribution >= 4 is 11.4 Å². The quantitative estimate of drug-likeness (QED) is 0.657. The average molecular weight is 250 g/mol. The smallest absolute Gasteiger partial charge is 0.387 e. The Hall–Kier alpha value is -2.67. The summed E-state index contributed by atoms with van der Waals surface area (Å²) in [6, 6.07) is 7.34. The van der Waals surface area contributed by atoms with Crippen molar-refractivity contribution in [1.82, 2.24) is 0 Å². The Morgan fingerprint density at radius 2 is 2.06 bits per heavy atom. The Bertz CT molecular complexity index is 527. The highest BCUT2D eigenvalue weighted by Gasteiger charge is 2.06. The molecule has 0 saturated heterocycles. The van der Waals surface area contributed by atoms with Gasteiger partial charge in [0, 0.05) is 0 Å². The van der Waals surface area contributed by atoms with Crippen LogP contribution in [0, 0.1) is 29.6 Å². The highest BCUT2D eigenvalue weighted by molar-refractivity contribution is 6.10. The molecular weight excluding hydrogens is 242 g/mol. The van der Waals surface area contributed by atoms with Crippen LogP contribution in [0.4, 0.5) is 14.5 Å². The zero-order chi connectivity index (χ0) is 13.5. The normalized spacial score (nSPS) is 9.22. The fourth-order valence-electron chi connectivity index (χ4n) is 1.13. The van der Waals surface area contributed by atoms with Crippen LogP contribution in [0.3, 0.4) is 0 Å². The number of benzene rings is 1. The maximum atomic E-state index is 12.0. The summed E-state index contributed by atoms with van der Waals surface area (Å²) in [5.74, 6) is 0.0258. The molecule has 0 unspecified atom stereocenters. The van der Waals surface area contributed by atoms with Crippen molar-refractivity contribution in [3.63, 3.8) is 0 Å². The lowest BCUT2D eigenvalue weighted by atomic mass is 10.2. The molecule has 1 N–H and O–H groups in total. The second-order valence-corrected chi connectivity index (χ2v) is 3.15. The van der Waals surface area contributed by atoms with Gasteiger partial charge in [0.1, 0.15) is 17.9 Å². The molecule has 18 heavy (non-hydrogen) atoms. The molecule has 1 aromatic rings. The van der Waals surface area contributed by atoms with E-state index >= 15 is 0 Å². The van der Waals surface area contributed by atoms with E-state index in [2.05, 4.69) is 15.3 Å². The highest BCUT2D eigenvalue weighted by atomic mass is 19.3. The van der Waals surface area contributed by atoms with Gasteiger partial charge >= 0.3 is 6.61 Å². The molecule has 0 radical (unpaired) electrons. The van der Waals surface area contributed by atoms with Gasteiger partial charge in [-0.3, -0.25) is 5.43 Å². The zero-order valence-corrected chi connectivity index (χ0v) is 9.32. The van der Waals surface area contributed by atoms with Gasteiger partial charge in [0.15, 0.2) is 0 Å². The van der Waals surface area contributed by atoms with E-state index in [-0.39, 0.29) is 11.5 Å². The summed E-state index contributed by atoms with van der Waals surface area (Å²) in [6.45, 7) is -1.24. The van der Waals surface area contributed by atoms with Crippen molar-refractivity contribution in [2.24, 2.45) is 5.10 Å². The van der Waals surface area contributed by atoms with Gasteiger partial charge in [-0.2, -0.15) is 24.4 Å². The van der Waals surface area contributed by atoms with Crippen LogP contribution < -0.4 is 10.2 Å². The first-order valence-electron chi connectivity index (χ1n) is 4.76. The Morgan fingerprint density at radius 3 is 2.56 bits per heavy atom. The fraction of sp³-hybridized carbons (Fsp3) is 0.182. The fourth-order valence-corrected chi connectivity index (χ4v) is 1.13. The third-order valence-electron chi connectivity index (χ3n) is 1.92. The van der Waals surface area contributed by atoms with Crippen molar-refractivity contribution in [2.45, 2.75) is 13.5 Å². The van der Waals surface area contributed by atoms with Gasteiger partial charge in [0.2, 0.25) is 5.71 Å². The summed E-state index contributed by atoms with van der Waals surface area (Å²) in [4.78, 5) is 0. The minimum absolute atomic E-state index is 0.0258. The van der Waals surface area contributed by atoms with E-state index in [1.165, 1.54) is 18.2 Å². The highest BCUT2D eigenvalue weighted by Crippen LogP contribution is 2.22. The number of hydrogen-bond acceptors (Lipinski definition) is 5. The van der Waals surface area contributed by atoms with Crippen LogP contribution in [0.1, 0.15) is 5.56 Å². The molecule has 0 saturated carbocycles. The molecule has 1 rings (SSSR count). The summed E-state index contributed by atoms with van der Waals surface area (Å²) < 4.78 is 28.1. The van der Waals surface area contributed by atoms with E-state index in [1.54, 1.807) is 19.1 Å². The van der Waals surface area contributed by atoms with Gasteiger partial charge in [-0.05, 0) is 30.7 Å². The van der Waals surface area contributed by atoms with Crippen LogP contribution in [-0.4, -0.2) is 12.3 Å². The Balaban J connectivity index is 2.85. The molecule has 0 aliphatic heterocycles. The molecule has 1 aromatic carbocycles. The van der Waals surface area contributed by atoms with Crippen molar-refractivity contribution in [3.05, 3.63) is 23.8 Å². The van der Waals surface area contributed by atoms with Gasteiger partial charge in [0.05, 0.1) is 5.69 Å². The van der Waals surface area contributed by atoms with Crippen molar-refractivity contribution in [3.8, 4) is 17.9 Å². The Labute approximate surface area is 102 Å². The number of ether oxygens (including phenoxy) is 1. The maximum Gasteiger partial charge on any atom is 0.387 e. The van der Waals surface area contributed by atoms with Crippen LogP contribution in [-0.2, 0) is 0 Å². The molecular formula is C11H8F2N4O. The molecule has 92 valence electrons. The number of alkyl halides is 2. The standard InChI is InChI=1S/C11H8F2N4O/c1-7-4-9(18-11(12)13)2-3-10(7)17-16-8(5-14)6-15/h2-4,11,17H,1H3. The first kappa shape index (κ1) is 13.4. The predicted molar refractivity (Wildman–Crippen MR) is 60.1 cm³/mol. The van der Waals surface area contributed by atoms with Crippen molar-refractivity contribution < 1.29 is 13.5 Å². The number of anilines is 1. The maximum absolute atomic E-state index is 12.0. The van der Waals surface area contributed by atoms with Crippen LogP contribution in [0.5, 0.6) is 5.75 Å². The average Bonchev–Trinajstić information content (AvgIpc) is 2.32. The van der Waals surface area contributed by atoms with Crippen LogP contribution in [0.2, 0.25) is 0 Å². The second kappa shape index (κ2) is 6.16. The lowest BCUT2D eigenvalue weighted by Crippen LogP contribution is -2.03. The molecule has 0 heterocycles. The van der Waals surface area contributed by atoms with E-state index in [1.807, 2.05) is 0 Å². The summed E-state index contributed by atoms with van der Waals surface area (Å²) in [7, 11) is 0. The summed E-state index contributed by atoms with van der Waals surface area (Å²) in [5.41, 5.74) is 3.24. The van der Waals surface area contributed by atoms with E-state index in [4.69, 9.17) is 10.5 Å². The van der Waals surface area contributed by atoms with Crippen LogP contribution >= 0.6 is 0 Å². The first-order valence-corrected chi connectivity index (χ1v) is 4.76. The number of nitrogens with zero attached hydrogens (tertiary/aromatic N) is 3. The molecule has 0 bridgehead atoms. The second-order valence-electron chi connectivity index (χ2n) is 3.15. The van der Waals surface area contributed by atoms with E-state index in [0.717, 1.165) is 0 Å². The molecule has 0 aromatic heterocycles. The van der Waals surface area contributed by atoms with Gasteiger partial charge in [-0.25, -0.2) is 0 Å². The molecule has 7 heteroatoms. The van der Waals surface area contributed by atoms with Crippen LogP contribution in [0.15, 0.2) is 23.3 Å². The third kappa shape index (κ3) is 3.72. The van der Waals surface area contributed by atoms with Gasteiger partial charge in [-0.15, -0.1) is 0 Å². The summed E-state index contributed by atoms with van der Waals surface area (Å²) in [5, 5.41) is 20.5. The molecule has 0 atom stereocenters. The zero-order valence-electron chi connectivity index (χ0n) is 9.32. The number of rotatable bonds is 4. The van der Waals surface area contributed by atoms with Crippen LogP contribution in [0.25, 0.3) is 0 Å². The number of nitriles is 2. The molecule has 5 nitrogen and oxygen atoms in total. The predicted octanol–water partition coefficient (Wildman–Crippen LogP) is 2.41. The summed E-state index contributed by atoms with van der Waals surface area (Å²) >= 11 is 0. The largest absolute Gasteiger partial charge is 0.435 e. The number of aryl methyl sites for hydroxylation is 1. The number of hydrogen-bond donors (Lipinski definition) is 1. The lowest BCUT2D eigenvalue weighted by Gasteiger charge is -2.08. The first-order chi connectivity index (χ1) is 8.56. The molecule has 0 aliphatic carbocycles. The van der Waals surface area contributed by atoms with Crippen molar-refractivity contribution in [2.75, 3.05) is 5.43 Å². The number of halogens is 2. The molecule has 0 fully saturated rings. The Morgan fingerprint density at radius 1 is 1.39 bits per heavy atom. The molecule has 0 amide bonds. The topological polar surface area (TPSA) is 81.2 Å². The third-order valence-corrected chi connectivity index (χ3v) is 1.92.